The standard InChI is InChI=1S/C17H25F3N2O.ClH/c1-12(2)8-16(22-6-4-21-5-7-22)13-9-14(17(18,19)20)11-15(10-13)23-3;/h9-12,16,21H,4-8H2,1-3H3;1H/t16-;/m1./s1. The van der Waals surface area contributed by atoms with Crippen LogP contribution >= 0.6 is 12.4 Å². The van der Waals surface area contributed by atoms with Crippen molar-refractivity contribution in [3.05, 3.63) is 29.3 Å². The molecule has 7 heteroatoms. The number of halogens is 4. The van der Waals surface area contributed by atoms with Gasteiger partial charge in [-0.3, -0.25) is 4.90 Å². The van der Waals surface area contributed by atoms with E-state index in [1.165, 1.54) is 13.2 Å². The third-order valence-corrected chi connectivity index (χ3v) is 4.16. The second kappa shape index (κ2) is 8.92. The Morgan fingerprint density at radius 3 is 2.29 bits per heavy atom. The maximum absolute atomic E-state index is 13.2. The van der Waals surface area contributed by atoms with Gasteiger partial charge in [0.25, 0.3) is 0 Å². The van der Waals surface area contributed by atoms with Crippen molar-refractivity contribution in [2.75, 3.05) is 33.3 Å². The summed E-state index contributed by atoms with van der Waals surface area (Å²) in [4.78, 5) is 2.27. The molecule has 0 bridgehead atoms. The normalized spacial score (nSPS) is 17.5. The molecule has 1 aromatic carbocycles. The Balaban J connectivity index is 0.00000288. The molecule has 1 fully saturated rings. The first-order chi connectivity index (χ1) is 10.8. The summed E-state index contributed by atoms with van der Waals surface area (Å²) in [5.74, 6) is 0.661. The second-order valence-electron chi connectivity index (χ2n) is 6.42. The molecule has 3 nitrogen and oxygen atoms in total. The summed E-state index contributed by atoms with van der Waals surface area (Å²) in [5, 5.41) is 3.29. The van der Waals surface area contributed by atoms with Gasteiger partial charge in [0.2, 0.25) is 0 Å². The minimum absolute atomic E-state index is 0. The summed E-state index contributed by atoms with van der Waals surface area (Å²) in [7, 11) is 1.40. The molecule has 0 spiro atoms. The van der Waals surface area contributed by atoms with Crippen LogP contribution in [0.1, 0.15) is 37.4 Å². The van der Waals surface area contributed by atoms with Gasteiger partial charge in [0.05, 0.1) is 12.7 Å². The summed E-state index contributed by atoms with van der Waals surface area (Å²) in [5.41, 5.74) is 0.0445. The summed E-state index contributed by atoms with van der Waals surface area (Å²) < 4.78 is 44.6. The molecule has 0 radical (unpaired) electrons. The fourth-order valence-corrected chi connectivity index (χ4v) is 3.03. The molecular weight excluding hydrogens is 341 g/mol. The van der Waals surface area contributed by atoms with E-state index in [9.17, 15) is 13.2 Å². The number of ether oxygens (including phenoxy) is 1. The Morgan fingerprint density at radius 2 is 1.79 bits per heavy atom. The van der Waals surface area contributed by atoms with E-state index in [1.807, 2.05) is 0 Å². The summed E-state index contributed by atoms with van der Waals surface area (Å²) in [6, 6.07) is 4.06. The lowest BCUT2D eigenvalue weighted by molar-refractivity contribution is -0.137. The lowest BCUT2D eigenvalue weighted by atomic mass is 9.93. The lowest BCUT2D eigenvalue weighted by Gasteiger charge is -2.36. The molecular formula is C17H26ClF3N2O. The molecule has 1 atom stereocenters. The molecule has 0 aromatic heterocycles. The van der Waals surface area contributed by atoms with Gasteiger partial charge < -0.3 is 10.1 Å². The highest BCUT2D eigenvalue weighted by Gasteiger charge is 2.33. The van der Waals surface area contributed by atoms with Crippen LogP contribution in [0.15, 0.2) is 18.2 Å². The van der Waals surface area contributed by atoms with Crippen molar-refractivity contribution in [3.63, 3.8) is 0 Å². The smallest absolute Gasteiger partial charge is 0.416 e. The van der Waals surface area contributed by atoms with Gasteiger partial charge in [-0.25, -0.2) is 0 Å². The zero-order valence-electron chi connectivity index (χ0n) is 14.3. The Hall–Kier alpha value is -0.980. The highest BCUT2D eigenvalue weighted by molar-refractivity contribution is 5.85. The molecule has 0 amide bonds. The van der Waals surface area contributed by atoms with E-state index in [0.717, 1.165) is 38.7 Å². The van der Waals surface area contributed by atoms with E-state index in [1.54, 1.807) is 6.07 Å². The first kappa shape index (κ1) is 21.1. The molecule has 1 aliphatic heterocycles. The third-order valence-electron chi connectivity index (χ3n) is 4.16. The quantitative estimate of drug-likeness (QED) is 0.848. The van der Waals surface area contributed by atoms with Crippen molar-refractivity contribution >= 4 is 12.4 Å². The minimum atomic E-state index is -4.37. The molecule has 1 aromatic rings. The van der Waals surface area contributed by atoms with Gasteiger partial charge in [-0.1, -0.05) is 13.8 Å². The van der Waals surface area contributed by atoms with Crippen molar-refractivity contribution < 1.29 is 17.9 Å². The van der Waals surface area contributed by atoms with E-state index in [-0.39, 0.29) is 24.2 Å². The van der Waals surface area contributed by atoms with Crippen LogP contribution in [-0.4, -0.2) is 38.2 Å². The predicted molar refractivity (Wildman–Crippen MR) is 91.9 cm³/mol. The van der Waals surface area contributed by atoms with Crippen molar-refractivity contribution in [2.45, 2.75) is 32.5 Å². The highest BCUT2D eigenvalue weighted by atomic mass is 35.5. The van der Waals surface area contributed by atoms with Gasteiger partial charge in [0.15, 0.2) is 0 Å². The van der Waals surface area contributed by atoms with Gasteiger partial charge in [-0.2, -0.15) is 13.2 Å². The summed E-state index contributed by atoms with van der Waals surface area (Å²) in [6.45, 7) is 7.61. The van der Waals surface area contributed by atoms with Crippen LogP contribution < -0.4 is 10.1 Å². The van der Waals surface area contributed by atoms with Crippen LogP contribution in [0, 0.1) is 5.92 Å². The molecule has 1 heterocycles. The molecule has 24 heavy (non-hydrogen) atoms. The number of alkyl halides is 3. The number of piperazine rings is 1. The number of nitrogens with one attached hydrogen (secondary N) is 1. The zero-order valence-corrected chi connectivity index (χ0v) is 15.1. The first-order valence-electron chi connectivity index (χ1n) is 8.02. The van der Waals surface area contributed by atoms with E-state index < -0.39 is 11.7 Å². The van der Waals surface area contributed by atoms with E-state index in [2.05, 4.69) is 24.1 Å². The maximum atomic E-state index is 13.2. The Kier molecular flexibility index (Phi) is 7.83. The molecule has 1 aliphatic rings. The predicted octanol–water partition coefficient (Wildman–Crippen LogP) is 4.13. The van der Waals surface area contributed by atoms with Gasteiger partial charge in [0.1, 0.15) is 5.75 Å². The first-order valence-corrected chi connectivity index (χ1v) is 8.02. The number of nitrogens with zero attached hydrogens (tertiary/aromatic N) is 1. The number of hydrogen-bond acceptors (Lipinski definition) is 3. The molecule has 1 N–H and O–H groups in total. The zero-order chi connectivity index (χ0) is 17.0. The van der Waals surface area contributed by atoms with Crippen LogP contribution in [0.4, 0.5) is 13.2 Å². The average Bonchev–Trinajstić information content (AvgIpc) is 2.52. The Bertz CT molecular complexity index is 517. The van der Waals surface area contributed by atoms with E-state index >= 15 is 0 Å². The van der Waals surface area contributed by atoms with Gasteiger partial charge in [-0.05, 0) is 36.1 Å². The van der Waals surface area contributed by atoms with Crippen LogP contribution in [0.25, 0.3) is 0 Å². The number of rotatable bonds is 5. The number of methoxy groups -OCH3 is 1. The molecule has 0 aliphatic carbocycles. The molecule has 0 unspecified atom stereocenters. The van der Waals surface area contributed by atoms with Crippen molar-refractivity contribution in [3.8, 4) is 5.75 Å². The number of benzene rings is 1. The number of hydrogen-bond donors (Lipinski definition) is 1. The highest BCUT2D eigenvalue weighted by Crippen LogP contribution is 2.37. The Labute approximate surface area is 148 Å². The van der Waals surface area contributed by atoms with Crippen molar-refractivity contribution in [2.24, 2.45) is 5.92 Å². The summed E-state index contributed by atoms with van der Waals surface area (Å²) >= 11 is 0. The van der Waals surface area contributed by atoms with E-state index in [4.69, 9.17) is 4.74 Å². The van der Waals surface area contributed by atoms with Crippen LogP contribution in [0.5, 0.6) is 5.75 Å². The van der Waals surface area contributed by atoms with Gasteiger partial charge in [0, 0.05) is 32.2 Å². The van der Waals surface area contributed by atoms with Crippen LogP contribution in [0.2, 0.25) is 0 Å². The lowest BCUT2D eigenvalue weighted by Crippen LogP contribution is -2.45. The van der Waals surface area contributed by atoms with Crippen LogP contribution in [0.3, 0.4) is 0 Å². The molecule has 0 saturated carbocycles. The molecule has 2 rings (SSSR count). The van der Waals surface area contributed by atoms with Crippen molar-refractivity contribution in [1.82, 2.24) is 10.2 Å². The van der Waals surface area contributed by atoms with Gasteiger partial charge >= 0.3 is 6.18 Å². The SMILES string of the molecule is COc1cc([C@@H](CC(C)C)N2CCNCC2)cc(C(F)(F)F)c1.Cl. The third kappa shape index (κ3) is 5.53. The van der Waals surface area contributed by atoms with Crippen LogP contribution in [-0.2, 0) is 6.18 Å². The average molecular weight is 367 g/mol. The fourth-order valence-electron chi connectivity index (χ4n) is 3.03. The monoisotopic (exact) mass is 366 g/mol. The maximum Gasteiger partial charge on any atom is 0.416 e. The van der Waals surface area contributed by atoms with E-state index in [0.29, 0.717) is 11.5 Å². The molecule has 138 valence electrons. The molecule has 1 saturated heterocycles. The largest absolute Gasteiger partial charge is 0.497 e. The minimum Gasteiger partial charge on any atom is -0.497 e. The fraction of sp³-hybridized carbons (Fsp3) is 0.647. The topological polar surface area (TPSA) is 24.5 Å². The van der Waals surface area contributed by atoms with Gasteiger partial charge in [-0.15, -0.1) is 12.4 Å². The second-order valence-corrected chi connectivity index (χ2v) is 6.42. The Morgan fingerprint density at radius 1 is 1.17 bits per heavy atom. The van der Waals surface area contributed by atoms with Crippen molar-refractivity contribution in [1.29, 1.82) is 0 Å². The summed E-state index contributed by atoms with van der Waals surface area (Å²) in [6.07, 6.45) is -3.54.